The first-order chi connectivity index (χ1) is 11.8. The van der Waals surface area contributed by atoms with Crippen LogP contribution in [0, 0.1) is 0 Å². The molecule has 0 radical (unpaired) electrons. The fourth-order valence-corrected chi connectivity index (χ4v) is 4.36. The van der Waals surface area contributed by atoms with Crippen molar-refractivity contribution >= 4 is 15.9 Å². The van der Waals surface area contributed by atoms with Gasteiger partial charge in [-0.3, -0.25) is 4.79 Å². The molecule has 0 saturated carbocycles. The molecule has 0 aliphatic carbocycles. The lowest BCUT2D eigenvalue weighted by molar-refractivity contribution is -0.120. The third-order valence-electron chi connectivity index (χ3n) is 4.07. The first-order valence-electron chi connectivity index (χ1n) is 8.45. The standard InChI is InChI=1S/C17H26N2O5S/c1-13-11-19(12-14(2)24-13)25(22,23)10-9-18-17(21)8-7-15-5-3-4-6-16(15)20/h3-6,13-14,20H,7-12H2,1-2H3,(H,18,21). The number of nitrogens with zero attached hydrogens (tertiary/aromatic N) is 1. The number of benzene rings is 1. The number of phenols is 1. The summed E-state index contributed by atoms with van der Waals surface area (Å²) in [4.78, 5) is 11.9. The van der Waals surface area contributed by atoms with E-state index in [1.807, 2.05) is 13.8 Å². The Hall–Kier alpha value is -1.64. The van der Waals surface area contributed by atoms with E-state index < -0.39 is 10.0 Å². The molecule has 140 valence electrons. The lowest BCUT2D eigenvalue weighted by atomic mass is 10.1. The van der Waals surface area contributed by atoms with Gasteiger partial charge in [0.2, 0.25) is 15.9 Å². The van der Waals surface area contributed by atoms with Crippen LogP contribution in [0.4, 0.5) is 0 Å². The predicted octanol–water partition coefficient (Wildman–Crippen LogP) is 0.880. The Bertz CT molecular complexity index is 682. The maximum atomic E-state index is 12.4. The molecule has 2 atom stereocenters. The molecular formula is C17H26N2O5S. The zero-order chi connectivity index (χ0) is 18.4. The van der Waals surface area contributed by atoms with E-state index >= 15 is 0 Å². The minimum Gasteiger partial charge on any atom is -0.508 e. The molecule has 2 rings (SSSR count). The summed E-state index contributed by atoms with van der Waals surface area (Å²) in [7, 11) is -3.42. The molecule has 1 aliphatic rings. The van der Waals surface area contributed by atoms with Gasteiger partial charge in [0.1, 0.15) is 5.75 Å². The molecule has 2 unspecified atom stereocenters. The number of sulfonamides is 1. The van der Waals surface area contributed by atoms with E-state index in [2.05, 4.69) is 5.32 Å². The number of carbonyl (C=O) groups excluding carboxylic acids is 1. The molecule has 1 heterocycles. The van der Waals surface area contributed by atoms with Gasteiger partial charge in [-0.25, -0.2) is 8.42 Å². The van der Waals surface area contributed by atoms with Crippen molar-refractivity contribution in [2.75, 3.05) is 25.4 Å². The number of nitrogens with one attached hydrogen (secondary N) is 1. The quantitative estimate of drug-likeness (QED) is 0.743. The van der Waals surface area contributed by atoms with Gasteiger partial charge in [-0.1, -0.05) is 18.2 Å². The number of hydrogen-bond acceptors (Lipinski definition) is 5. The zero-order valence-electron chi connectivity index (χ0n) is 14.6. The fourth-order valence-electron chi connectivity index (χ4n) is 2.87. The number of carbonyl (C=O) groups is 1. The van der Waals surface area contributed by atoms with Crippen LogP contribution in [0.5, 0.6) is 5.75 Å². The van der Waals surface area contributed by atoms with E-state index in [0.29, 0.717) is 25.1 Å². The second-order valence-corrected chi connectivity index (χ2v) is 8.46. The highest BCUT2D eigenvalue weighted by Crippen LogP contribution is 2.17. The predicted molar refractivity (Wildman–Crippen MR) is 94.8 cm³/mol. The Morgan fingerprint density at radius 3 is 2.56 bits per heavy atom. The molecule has 7 nitrogen and oxygen atoms in total. The summed E-state index contributed by atoms with van der Waals surface area (Å²) in [6.07, 6.45) is 0.339. The van der Waals surface area contributed by atoms with E-state index in [1.54, 1.807) is 24.3 Å². The lowest BCUT2D eigenvalue weighted by Gasteiger charge is -2.34. The van der Waals surface area contributed by atoms with E-state index in [1.165, 1.54) is 4.31 Å². The van der Waals surface area contributed by atoms with Gasteiger partial charge >= 0.3 is 0 Å². The normalized spacial score (nSPS) is 21.8. The smallest absolute Gasteiger partial charge is 0.220 e. The Labute approximate surface area is 149 Å². The number of rotatable bonds is 7. The van der Waals surface area contributed by atoms with Crippen molar-refractivity contribution in [3.8, 4) is 5.75 Å². The van der Waals surface area contributed by atoms with Crippen LogP contribution in [0.3, 0.4) is 0 Å². The van der Waals surface area contributed by atoms with Gasteiger partial charge in [0, 0.05) is 26.1 Å². The van der Waals surface area contributed by atoms with Gasteiger partial charge in [-0.2, -0.15) is 4.31 Å². The van der Waals surface area contributed by atoms with Gasteiger partial charge in [-0.15, -0.1) is 0 Å². The highest BCUT2D eigenvalue weighted by atomic mass is 32.2. The molecule has 2 N–H and O–H groups in total. The molecular weight excluding hydrogens is 344 g/mol. The zero-order valence-corrected chi connectivity index (χ0v) is 15.5. The second kappa shape index (κ2) is 8.64. The van der Waals surface area contributed by atoms with Crippen LogP contribution in [0.2, 0.25) is 0 Å². The maximum absolute atomic E-state index is 12.4. The Kier molecular flexibility index (Phi) is 6.80. The van der Waals surface area contributed by atoms with Crippen LogP contribution < -0.4 is 5.32 Å². The topological polar surface area (TPSA) is 95.9 Å². The first kappa shape index (κ1) is 19.7. The van der Waals surface area contributed by atoms with Crippen molar-refractivity contribution in [3.63, 3.8) is 0 Å². The summed E-state index contributed by atoms with van der Waals surface area (Å²) in [6.45, 7) is 4.45. The van der Waals surface area contributed by atoms with Crippen molar-refractivity contribution in [2.24, 2.45) is 0 Å². The number of para-hydroxylation sites is 1. The number of amides is 1. The maximum Gasteiger partial charge on any atom is 0.220 e. The molecule has 1 aliphatic heterocycles. The Morgan fingerprint density at radius 1 is 1.28 bits per heavy atom. The molecule has 1 aromatic carbocycles. The van der Waals surface area contributed by atoms with E-state index in [0.717, 1.165) is 0 Å². The van der Waals surface area contributed by atoms with Gasteiger partial charge in [0.05, 0.1) is 18.0 Å². The number of hydrogen-bond donors (Lipinski definition) is 2. The summed E-state index contributed by atoms with van der Waals surface area (Å²) in [5.74, 6) is -0.204. The van der Waals surface area contributed by atoms with Gasteiger partial charge < -0.3 is 15.2 Å². The molecule has 1 fully saturated rings. The molecule has 25 heavy (non-hydrogen) atoms. The summed E-state index contributed by atoms with van der Waals surface area (Å²) in [6, 6.07) is 6.85. The number of aromatic hydroxyl groups is 1. The highest BCUT2D eigenvalue weighted by Gasteiger charge is 2.30. The van der Waals surface area contributed by atoms with Crippen LogP contribution in [-0.4, -0.2) is 61.3 Å². The van der Waals surface area contributed by atoms with E-state index in [-0.39, 0.29) is 42.6 Å². The third-order valence-corrected chi connectivity index (χ3v) is 5.88. The van der Waals surface area contributed by atoms with Crippen molar-refractivity contribution in [2.45, 2.75) is 38.9 Å². The minimum absolute atomic E-state index is 0.0715. The van der Waals surface area contributed by atoms with Crippen molar-refractivity contribution in [3.05, 3.63) is 29.8 Å². The number of phenolic OH excluding ortho intramolecular Hbond substituents is 1. The lowest BCUT2D eigenvalue weighted by Crippen LogP contribution is -2.49. The highest BCUT2D eigenvalue weighted by molar-refractivity contribution is 7.89. The fraction of sp³-hybridized carbons (Fsp3) is 0.588. The largest absolute Gasteiger partial charge is 0.508 e. The van der Waals surface area contributed by atoms with Crippen LogP contribution in [0.25, 0.3) is 0 Å². The summed E-state index contributed by atoms with van der Waals surface area (Å²) in [5.41, 5.74) is 0.696. The average molecular weight is 370 g/mol. The van der Waals surface area contributed by atoms with Gasteiger partial charge in [-0.05, 0) is 31.9 Å². The first-order valence-corrected chi connectivity index (χ1v) is 10.1. The number of aryl methyl sites for hydroxylation is 1. The van der Waals surface area contributed by atoms with Crippen LogP contribution in [0.1, 0.15) is 25.8 Å². The van der Waals surface area contributed by atoms with E-state index in [4.69, 9.17) is 4.74 Å². The van der Waals surface area contributed by atoms with Crippen LogP contribution in [0.15, 0.2) is 24.3 Å². The second-order valence-electron chi connectivity index (χ2n) is 6.37. The number of ether oxygens (including phenoxy) is 1. The van der Waals surface area contributed by atoms with Gasteiger partial charge in [0.15, 0.2) is 0 Å². The summed E-state index contributed by atoms with van der Waals surface area (Å²) in [5, 5.41) is 12.3. The molecule has 1 aromatic rings. The molecule has 0 bridgehead atoms. The Balaban J connectivity index is 1.75. The van der Waals surface area contributed by atoms with Crippen molar-refractivity contribution in [1.29, 1.82) is 0 Å². The number of morpholine rings is 1. The molecule has 0 spiro atoms. The average Bonchev–Trinajstić information content (AvgIpc) is 2.53. The SMILES string of the molecule is CC1CN(S(=O)(=O)CCNC(=O)CCc2ccccc2O)CC(C)O1. The summed E-state index contributed by atoms with van der Waals surface area (Å²) < 4.78 is 31.7. The van der Waals surface area contributed by atoms with Crippen molar-refractivity contribution in [1.82, 2.24) is 9.62 Å². The third kappa shape index (κ3) is 5.98. The van der Waals surface area contributed by atoms with Crippen molar-refractivity contribution < 1.29 is 23.1 Å². The monoisotopic (exact) mass is 370 g/mol. The van der Waals surface area contributed by atoms with E-state index in [9.17, 15) is 18.3 Å². The van der Waals surface area contributed by atoms with Gasteiger partial charge in [0.25, 0.3) is 0 Å². The molecule has 8 heteroatoms. The van der Waals surface area contributed by atoms with Crippen LogP contribution in [-0.2, 0) is 26.0 Å². The summed E-state index contributed by atoms with van der Waals surface area (Å²) >= 11 is 0. The minimum atomic E-state index is -3.42. The molecule has 1 amide bonds. The molecule has 1 saturated heterocycles. The van der Waals surface area contributed by atoms with Crippen LogP contribution >= 0.6 is 0 Å². The molecule has 0 aromatic heterocycles. The Morgan fingerprint density at radius 2 is 1.92 bits per heavy atom.